The molecule has 1 rings (SSSR count). The maximum atomic E-state index is 11.6. The van der Waals surface area contributed by atoms with Crippen molar-refractivity contribution in [3.8, 4) is 0 Å². The standard InChI is InChI=1S/C11H14O5S/c1-9-3-5-11(6-4-9)17(13,14)16-8-7-15-10(2)12/h3-6H,7-8H2,1-2H3. The molecule has 94 valence electrons. The van der Waals surface area contributed by atoms with Crippen LogP contribution in [0, 0.1) is 6.92 Å². The number of rotatable bonds is 5. The van der Waals surface area contributed by atoms with Gasteiger partial charge in [-0.2, -0.15) is 8.42 Å². The highest BCUT2D eigenvalue weighted by atomic mass is 32.2. The molecule has 0 aliphatic carbocycles. The molecule has 0 bridgehead atoms. The van der Waals surface area contributed by atoms with E-state index in [-0.39, 0.29) is 18.1 Å². The van der Waals surface area contributed by atoms with E-state index >= 15 is 0 Å². The van der Waals surface area contributed by atoms with Crippen LogP contribution in [-0.2, 0) is 23.8 Å². The SMILES string of the molecule is CC(=O)OCCOS(=O)(=O)c1ccc(C)cc1. The fourth-order valence-corrected chi connectivity index (χ4v) is 2.00. The minimum absolute atomic E-state index is 0.0829. The topological polar surface area (TPSA) is 69.7 Å². The Bertz CT molecular complexity index is 475. The van der Waals surface area contributed by atoms with Gasteiger partial charge in [-0.1, -0.05) is 17.7 Å². The van der Waals surface area contributed by atoms with Crippen LogP contribution < -0.4 is 0 Å². The molecular weight excluding hydrogens is 244 g/mol. The van der Waals surface area contributed by atoms with Crippen molar-refractivity contribution in [1.29, 1.82) is 0 Å². The Morgan fingerprint density at radius 1 is 1.18 bits per heavy atom. The number of hydrogen-bond acceptors (Lipinski definition) is 5. The van der Waals surface area contributed by atoms with Crippen molar-refractivity contribution in [2.75, 3.05) is 13.2 Å². The number of aryl methyl sites for hydroxylation is 1. The maximum absolute atomic E-state index is 11.6. The molecule has 0 saturated heterocycles. The summed E-state index contributed by atoms with van der Waals surface area (Å²) in [6.45, 7) is 2.84. The summed E-state index contributed by atoms with van der Waals surface area (Å²) in [5, 5.41) is 0. The predicted octanol–water partition coefficient (Wildman–Crippen LogP) is 1.26. The molecule has 0 fully saturated rings. The molecule has 0 saturated carbocycles. The van der Waals surface area contributed by atoms with Gasteiger partial charge in [-0.3, -0.25) is 8.98 Å². The average Bonchev–Trinajstić information content (AvgIpc) is 2.25. The quantitative estimate of drug-likeness (QED) is 0.452. The molecule has 0 aliphatic heterocycles. The lowest BCUT2D eigenvalue weighted by Crippen LogP contribution is -2.13. The molecule has 0 aliphatic rings. The summed E-state index contributed by atoms with van der Waals surface area (Å²) in [6, 6.07) is 6.30. The third-order valence-electron chi connectivity index (χ3n) is 1.94. The fraction of sp³-hybridized carbons (Fsp3) is 0.364. The van der Waals surface area contributed by atoms with Crippen LogP contribution in [0.15, 0.2) is 29.2 Å². The minimum atomic E-state index is -3.77. The Morgan fingerprint density at radius 2 is 1.76 bits per heavy atom. The zero-order valence-corrected chi connectivity index (χ0v) is 10.5. The van der Waals surface area contributed by atoms with Crippen LogP contribution in [0.2, 0.25) is 0 Å². The minimum Gasteiger partial charge on any atom is -0.463 e. The Hall–Kier alpha value is -1.40. The van der Waals surface area contributed by atoms with E-state index in [1.165, 1.54) is 19.1 Å². The van der Waals surface area contributed by atoms with Crippen molar-refractivity contribution in [3.63, 3.8) is 0 Å². The zero-order valence-electron chi connectivity index (χ0n) is 9.67. The molecule has 0 heterocycles. The number of carbonyl (C=O) groups is 1. The van der Waals surface area contributed by atoms with Gasteiger partial charge in [0.15, 0.2) is 0 Å². The molecule has 0 N–H and O–H groups in total. The Labute approximate surface area is 100 Å². The number of esters is 1. The van der Waals surface area contributed by atoms with E-state index in [1.807, 2.05) is 6.92 Å². The van der Waals surface area contributed by atoms with Gasteiger partial charge in [0.1, 0.15) is 13.2 Å². The highest BCUT2D eigenvalue weighted by Crippen LogP contribution is 2.12. The average molecular weight is 258 g/mol. The van der Waals surface area contributed by atoms with E-state index < -0.39 is 16.1 Å². The van der Waals surface area contributed by atoms with Crippen molar-refractivity contribution < 1.29 is 22.1 Å². The third-order valence-corrected chi connectivity index (χ3v) is 3.26. The first-order chi connectivity index (χ1) is 7.92. The molecule has 5 nitrogen and oxygen atoms in total. The largest absolute Gasteiger partial charge is 0.463 e. The lowest BCUT2D eigenvalue weighted by molar-refractivity contribution is -0.141. The monoisotopic (exact) mass is 258 g/mol. The molecular formula is C11H14O5S. The molecule has 1 aromatic rings. The first-order valence-corrected chi connectivity index (χ1v) is 6.42. The van der Waals surface area contributed by atoms with Gasteiger partial charge in [-0.05, 0) is 19.1 Å². The van der Waals surface area contributed by atoms with Gasteiger partial charge >= 0.3 is 5.97 Å². The van der Waals surface area contributed by atoms with Gasteiger partial charge in [0.05, 0.1) is 4.90 Å². The van der Waals surface area contributed by atoms with Gasteiger partial charge in [0.2, 0.25) is 0 Å². The van der Waals surface area contributed by atoms with E-state index in [0.717, 1.165) is 5.56 Å². The molecule has 6 heteroatoms. The molecule has 0 aromatic heterocycles. The lowest BCUT2D eigenvalue weighted by atomic mass is 10.2. The molecule has 0 spiro atoms. The van der Waals surface area contributed by atoms with E-state index in [1.54, 1.807) is 12.1 Å². The van der Waals surface area contributed by atoms with Gasteiger partial charge in [-0.15, -0.1) is 0 Å². The highest BCUT2D eigenvalue weighted by molar-refractivity contribution is 7.86. The Kier molecular flexibility index (Phi) is 4.65. The van der Waals surface area contributed by atoms with Crippen LogP contribution in [-0.4, -0.2) is 27.6 Å². The first kappa shape index (κ1) is 13.7. The maximum Gasteiger partial charge on any atom is 0.302 e. The van der Waals surface area contributed by atoms with Gasteiger partial charge in [0.25, 0.3) is 10.1 Å². The summed E-state index contributed by atoms with van der Waals surface area (Å²) in [7, 11) is -3.77. The number of ether oxygens (including phenoxy) is 1. The smallest absolute Gasteiger partial charge is 0.302 e. The van der Waals surface area contributed by atoms with E-state index in [9.17, 15) is 13.2 Å². The zero-order chi connectivity index (χ0) is 12.9. The summed E-state index contributed by atoms with van der Waals surface area (Å²) < 4.78 is 32.5. The Balaban J connectivity index is 2.57. The van der Waals surface area contributed by atoms with Crippen LogP contribution >= 0.6 is 0 Å². The second-order valence-corrected chi connectivity index (χ2v) is 5.04. The van der Waals surface area contributed by atoms with Crippen LogP contribution in [0.3, 0.4) is 0 Å². The second kappa shape index (κ2) is 5.79. The highest BCUT2D eigenvalue weighted by Gasteiger charge is 2.14. The summed E-state index contributed by atoms with van der Waals surface area (Å²) >= 11 is 0. The number of hydrogen-bond donors (Lipinski definition) is 0. The van der Waals surface area contributed by atoms with Crippen molar-refractivity contribution in [3.05, 3.63) is 29.8 Å². The molecule has 0 unspecified atom stereocenters. The van der Waals surface area contributed by atoms with Crippen molar-refractivity contribution in [1.82, 2.24) is 0 Å². The van der Waals surface area contributed by atoms with Crippen LogP contribution in [0.1, 0.15) is 12.5 Å². The van der Waals surface area contributed by atoms with E-state index in [4.69, 9.17) is 4.18 Å². The third kappa shape index (κ3) is 4.54. The van der Waals surface area contributed by atoms with E-state index in [0.29, 0.717) is 0 Å². The predicted molar refractivity (Wildman–Crippen MR) is 60.9 cm³/mol. The molecule has 1 aromatic carbocycles. The molecule has 0 radical (unpaired) electrons. The Morgan fingerprint density at radius 3 is 2.29 bits per heavy atom. The molecule has 0 atom stereocenters. The van der Waals surface area contributed by atoms with Crippen molar-refractivity contribution >= 4 is 16.1 Å². The fourth-order valence-electron chi connectivity index (χ4n) is 1.10. The van der Waals surface area contributed by atoms with Crippen molar-refractivity contribution in [2.45, 2.75) is 18.7 Å². The number of carbonyl (C=O) groups excluding carboxylic acids is 1. The van der Waals surface area contributed by atoms with Gasteiger partial charge in [0, 0.05) is 6.92 Å². The summed E-state index contributed by atoms with van der Waals surface area (Å²) in [5.74, 6) is -0.471. The summed E-state index contributed by atoms with van der Waals surface area (Å²) in [6.07, 6.45) is 0. The number of benzene rings is 1. The molecule has 0 amide bonds. The first-order valence-electron chi connectivity index (χ1n) is 5.01. The van der Waals surface area contributed by atoms with Crippen LogP contribution in [0.5, 0.6) is 0 Å². The normalized spacial score (nSPS) is 11.2. The summed E-state index contributed by atoms with van der Waals surface area (Å²) in [4.78, 5) is 10.5. The molecule has 17 heavy (non-hydrogen) atoms. The second-order valence-electron chi connectivity index (χ2n) is 3.43. The van der Waals surface area contributed by atoms with Gasteiger partial charge < -0.3 is 4.74 Å². The van der Waals surface area contributed by atoms with Gasteiger partial charge in [-0.25, -0.2) is 0 Å². The lowest BCUT2D eigenvalue weighted by Gasteiger charge is -2.05. The van der Waals surface area contributed by atoms with Crippen LogP contribution in [0.4, 0.5) is 0 Å². The summed E-state index contributed by atoms with van der Waals surface area (Å²) in [5.41, 5.74) is 0.962. The van der Waals surface area contributed by atoms with Crippen LogP contribution in [0.25, 0.3) is 0 Å². The van der Waals surface area contributed by atoms with E-state index in [2.05, 4.69) is 4.74 Å². The van der Waals surface area contributed by atoms with Crippen molar-refractivity contribution in [2.24, 2.45) is 0 Å².